The minimum Gasteiger partial charge on any atom is -0.390 e. The van der Waals surface area contributed by atoms with Crippen LogP contribution in [0.25, 0.3) is 0 Å². The Bertz CT molecular complexity index is 279. The molecule has 1 heterocycles. The fourth-order valence-electron chi connectivity index (χ4n) is 3.08. The molecule has 0 aromatic rings. The number of β-amino-alcohol motifs (C(OH)–C–C–N with tert-alkyl or cyclic N) is 1. The van der Waals surface area contributed by atoms with Gasteiger partial charge in [-0.1, -0.05) is 19.3 Å². The summed E-state index contributed by atoms with van der Waals surface area (Å²) in [6, 6.07) is 0.451. The third-order valence-electron chi connectivity index (χ3n) is 4.03. The molecule has 104 valence electrons. The Labute approximate surface area is 108 Å². The normalized spacial score (nSPS) is 30.6. The molecule has 5 nitrogen and oxygen atoms in total. The van der Waals surface area contributed by atoms with Crippen LogP contribution < -0.4 is 5.32 Å². The van der Waals surface area contributed by atoms with Gasteiger partial charge in [-0.2, -0.15) is 0 Å². The van der Waals surface area contributed by atoms with E-state index in [0.717, 1.165) is 6.54 Å². The molecule has 1 saturated heterocycles. The number of amides is 1. The van der Waals surface area contributed by atoms with Crippen LogP contribution in [-0.2, 0) is 9.53 Å². The van der Waals surface area contributed by atoms with E-state index in [9.17, 15) is 9.90 Å². The maximum atomic E-state index is 11.5. The van der Waals surface area contributed by atoms with Gasteiger partial charge in [0.05, 0.1) is 12.1 Å². The lowest BCUT2D eigenvalue weighted by atomic mass is 9.94. The standard InChI is InChI=1S/C13H24N2O3/c1-18-9-13(17)14-11-7-15(8-12(11)16)10-5-3-2-4-6-10/h10-12,16H,2-9H2,1H3,(H,14,17)/t11-,12-/m1/s1. The molecule has 18 heavy (non-hydrogen) atoms. The topological polar surface area (TPSA) is 61.8 Å². The monoisotopic (exact) mass is 256 g/mol. The zero-order chi connectivity index (χ0) is 13.0. The predicted molar refractivity (Wildman–Crippen MR) is 68.3 cm³/mol. The molecule has 2 fully saturated rings. The molecule has 0 radical (unpaired) electrons. The van der Waals surface area contributed by atoms with Crippen molar-refractivity contribution < 1.29 is 14.6 Å². The van der Waals surface area contributed by atoms with E-state index in [1.807, 2.05) is 0 Å². The van der Waals surface area contributed by atoms with Crippen LogP contribution in [0, 0.1) is 0 Å². The van der Waals surface area contributed by atoms with Gasteiger partial charge in [0.2, 0.25) is 5.91 Å². The van der Waals surface area contributed by atoms with Crippen molar-refractivity contribution >= 4 is 5.91 Å². The zero-order valence-corrected chi connectivity index (χ0v) is 11.1. The average molecular weight is 256 g/mol. The van der Waals surface area contributed by atoms with Gasteiger partial charge in [0.25, 0.3) is 0 Å². The Morgan fingerprint density at radius 3 is 2.72 bits per heavy atom. The largest absolute Gasteiger partial charge is 0.390 e. The lowest BCUT2D eigenvalue weighted by Crippen LogP contribution is -2.44. The van der Waals surface area contributed by atoms with Gasteiger partial charge in [0.1, 0.15) is 6.61 Å². The zero-order valence-electron chi connectivity index (χ0n) is 11.1. The summed E-state index contributed by atoms with van der Waals surface area (Å²) in [6.45, 7) is 1.51. The van der Waals surface area contributed by atoms with Gasteiger partial charge < -0.3 is 15.2 Å². The molecule has 0 spiro atoms. The molecule has 1 amide bonds. The second kappa shape index (κ2) is 6.50. The third-order valence-corrected chi connectivity index (χ3v) is 4.03. The van der Waals surface area contributed by atoms with Gasteiger partial charge in [0.15, 0.2) is 0 Å². The van der Waals surface area contributed by atoms with Crippen LogP contribution in [0.2, 0.25) is 0 Å². The highest BCUT2D eigenvalue weighted by Crippen LogP contribution is 2.25. The predicted octanol–water partition coefficient (Wildman–Crippen LogP) is 0.127. The summed E-state index contributed by atoms with van der Waals surface area (Å²) in [5.74, 6) is -0.146. The fourth-order valence-corrected chi connectivity index (χ4v) is 3.08. The lowest BCUT2D eigenvalue weighted by molar-refractivity contribution is -0.125. The summed E-state index contributed by atoms with van der Waals surface area (Å²) in [5.41, 5.74) is 0. The first-order valence-electron chi connectivity index (χ1n) is 6.91. The van der Waals surface area contributed by atoms with Gasteiger partial charge in [-0.25, -0.2) is 0 Å². The third kappa shape index (κ3) is 3.43. The van der Waals surface area contributed by atoms with Gasteiger partial charge in [-0.05, 0) is 12.8 Å². The lowest BCUT2D eigenvalue weighted by Gasteiger charge is -2.30. The number of ether oxygens (including phenoxy) is 1. The maximum absolute atomic E-state index is 11.5. The number of hydrogen-bond acceptors (Lipinski definition) is 4. The summed E-state index contributed by atoms with van der Waals surface area (Å²) < 4.78 is 4.79. The minimum atomic E-state index is -0.451. The Kier molecular flexibility index (Phi) is 4.97. The van der Waals surface area contributed by atoms with Crippen LogP contribution in [-0.4, -0.2) is 60.9 Å². The molecule has 0 aromatic carbocycles. The van der Waals surface area contributed by atoms with Crippen LogP contribution >= 0.6 is 0 Å². The van der Waals surface area contributed by atoms with E-state index in [0.29, 0.717) is 12.6 Å². The van der Waals surface area contributed by atoms with Crippen LogP contribution in [0.5, 0.6) is 0 Å². The Morgan fingerprint density at radius 1 is 1.33 bits per heavy atom. The van der Waals surface area contributed by atoms with Crippen molar-refractivity contribution in [2.45, 2.75) is 50.3 Å². The van der Waals surface area contributed by atoms with Crippen LogP contribution in [0.1, 0.15) is 32.1 Å². The minimum absolute atomic E-state index is 0.0622. The highest BCUT2D eigenvalue weighted by atomic mass is 16.5. The number of carbonyl (C=O) groups excluding carboxylic acids is 1. The summed E-state index contributed by atoms with van der Waals surface area (Å²) in [7, 11) is 1.50. The average Bonchev–Trinajstić information content (AvgIpc) is 2.72. The molecule has 0 unspecified atom stereocenters. The van der Waals surface area contributed by atoms with E-state index in [1.54, 1.807) is 0 Å². The molecule has 2 atom stereocenters. The van der Waals surface area contributed by atoms with Crippen LogP contribution in [0.15, 0.2) is 0 Å². The molecule has 5 heteroatoms. The molecular weight excluding hydrogens is 232 g/mol. The van der Waals surface area contributed by atoms with Gasteiger partial charge >= 0.3 is 0 Å². The smallest absolute Gasteiger partial charge is 0.246 e. The van der Waals surface area contributed by atoms with Crippen LogP contribution in [0.4, 0.5) is 0 Å². The van der Waals surface area contributed by atoms with Gasteiger partial charge in [-0.3, -0.25) is 9.69 Å². The van der Waals surface area contributed by atoms with E-state index >= 15 is 0 Å². The molecule has 1 saturated carbocycles. The second-order valence-corrected chi connectivity index (χ2v) is 5.42. The number of likely N-dealkylation sites (tertiary alicyclic amines) is 1. The second-order valence-electron chi connectivity index (χ2n) is 5.42. The molecular formula is C13H24N2O3. The SMILES string of the molecule is COCC(=O)N[C@@H]1CN(C2CCCCC2)C[C@H]1O. The van der Waals surface area contributed by atoms with Crippen LogP contribution in [0.3, 0.4) is 0 Å². The van der Waals surface area contributed by atoms with E-state index < -0.39 is 6.10 Å². The summed E-state index contributed by atoms with van der Waals surface area (Å²) in [4.78, 5) is 13.8. The first-order chi connectivity index (χ1) is 8.70. The van der Waals surface area contributed by atoms with E-state index in [-0.39, 0.29) is 18.6 Å². The molecule has 2 aliphatic rings. The number of nitrogens with zero attached hydrogens (tertiary/aromatic N) is 1. The van der Waals surface area contributed by atoms with E-state index in [4.69, 9.17) is 4.74 Å². The first kappa shape index (κ1) is 13.8. The number of hydrogen-bond donors (Lipinski definition) is 2. The number of rotatable bonds is 4. The molecule has 0 bridgehead atoms. The van der Waals surface area contributed by atoms with Gasteiger partial charge in [0, 0.05) is 26.2 Å². The van der Waals surface area contributed by atoms with Crippen molar-refractivity contribution in [2.75, 3.05) is 26.8 Å². The summed E-state index contributed by atoms with van der Waals surface area (Å²) in [5, 5.41) is 12.9. The number of methoxy groups -OCH3 is 1. The number of nitrogens with one attached hydrogen (secondary N) is 1. The highest BCUT2D eigenvalue weighted by molar-refractivity contribution is 5.77. The van der Waals surface area contributed by atoms with Crippen molar-refractivity contribution in [2.24, 2.45) is 0 Å². The van der Waals surface area contributed by atoms with Crippen molar-refractivity contribution in [3.05, 3.63) is 0 Å². The number of carbonyl (C=O) groups is 1. The Balaban J connectivity index is 1.82. The maximum Gasteiger partial charge on any atom is 0.246 e. The van der Waals surface area contributed by atoms with Crippen molar-refractivity contribution in [3.63, 3.8) is 0 Å². The highest BCUT2D eigenvalue weighted by Gasteiger charge is 2.35. The van der Waals surface area contributed by atoms with Gasteiger partial charge in [-0.15, -0.1) is 0 Å². The molecule has 1 aliphatic carbocycles. The molecule has 0 aromatic heterocycles. The number of aliphatic hydroxyl groups excluding tert-OH is 1. The summed E-state index contributed by atoms with van der Waals surface area (Å²) in [6.07, 6.45) is 5.92. The fraction of sp³-hybridized carbons (Fsp3) is 0.923. The van der Waals surface area contributed by atoms with Crippen molar-refractivity contribution in [3.8, 4) is 0 Å². The number of aliphatic hydroxyl groups is 1. The summed E-state index contributed by atoms with van der Waals surface area (Å²) >= 11 is 0. The Hall–Kier alpha value is -0.650. The van der Waals surface area contributed by atoms with Crippen molar-refractivity contribution in [1.29, 1.82) is 0 Å². The molecule has 2 N–H and O–H groups in total. The van der Waals surface area contributed by atoms with Crippen molar-refractivity contribution in [1.82, 2.24) is 10.2 Å². The quantitative estimate of drug-likeness (QED) is 0.750. The molecule has 1 aliphatic heterocycles. The molecule has 2 rings (SSSR count). The van der Waals surface area contributed by atoms with E-state index in [1.165, 1.54) is 39.2 Å². The van der Waals surface area contributed by atoms with E-state index in [2.05, 4.69) is 10.2 Å². The first-order valence-corrected chi connectivity index (χ1v) is 6.91. The Morgan fingerprint density at radius 2 is 2.06 bits per heavy atom.